The van der Waals surface area contributed by atoms with Crippen LogP contribution in [-0.2, 0) is 0 Å². The summed E-state index contributed by atoms with van der Waals surface area (Å²) in [6, 6.07) is 4.30. The van der Waals surface area contributed by atoms with Crippen molar-refractivity contribution in [1.29, 1.82) is 0 Å². The maximum absolute atomic E-state index is 10.2. The van der Waals surface area contributed by atoms with Crippen molar-refractivity contribution in [3.63, 3.8) is 0 Å². The van der Waals surface area contributed by atoms with Crippen molar-refractivity contribution in [2.45, 2.75) is 39.2 Å². The summed E-state index contributed by atoms with van der Waals surface area (Å²) in [4.78, 5) is 0. The molecule has 0 saturated heterocycles. The average Bonchev–Trinajstić information content (AvgIpc) is 2.30. The van der Waals surface area contributed by atoms with Crippen LogP contribution in [0, 0.1) is 0 Å². The number of aromatic hydroxyl groups is 2. The van der Waals surface area contributed by atoms with Crippen molar-refractivity contribution < 1.29 is 15.3 Å². The molecule has 0 spiro atoms. The highest BCUT2D eigenvalue weighted by molar-refractivity contribution is 5.59. The highest BCUT2D eigenvalue weighted by Gasteiger charge is 2.15. The molecule has 1 atom stereocenters. The van der Waals surface area contributed by atoms with Gasteiger partial charge >= 0.3 is 0 Å². The lowest BCUT2D eigenvalue weighted by atomic mass is 9.97. The second-order valence-corrected chi connectivity index (χ2v) is 5.25. The summed E-state index contributed by atoms with van der Waals surface area (Å²) >= 11 is 0. The quantitative estimate of drug-likeness (QED) is 0.561. The van der Waals surface area contributed by atoms with Crippen LogP contribution in [0.1, 0.15) is 39.2 Å². The van der Waals surface area contributed by atoms with Gasteiger partial charge in [0.1, 0.15) is 11.5 Å². The summed E-state index contributed by atoms with van der Waals surface area (Å²) in [5, 5.41) is 29.2. The van der Waals surface area contributed by atoms with E-state index in [4.69, 9.17) is 0 Å². The molecule has 1 rings (SSSR count). The first-order chi connectivity index (χ1) is 8.80. The number of aliphatic hydroxyl groups is 1. The van der Waals surface area contributed by atoms with E-state index in [2.05, 4.69) is 6.08 Å². The summed E-state index contributed by atoms with van der Waals surface area (Å²) < 4.78 is 0. The second kappa shape index (κ2) is 6.43. The Hall–Kier alpha value is -1.74. The van der Waals surface area contributed by atoms with E-state index in [1.807, 2.05) is 13.8 Å². The Morgan fingerprint density at radius 3 is 2.58 bits per heavy atom. The monoisotopic (exact) mass is 262 g/mol. The van der Waals surface area contributed by atoms with Crippen LogP contribution in [0.15, 0.2) is 35.9 Å². The van der Waals surface area contributed by atoms with Gasteiger partial charge in [-0.15, -0.1) is 0 Å². The number of benzene rings is 1. The van der Waals surface area contributed by atoms with Crippen molar-refractivity contribution in [1.82, 2.24) is 0 Å². The van der Waals surface area contributed by atoms with Crippen LogP contribution in [0.2, 0.25) is 0 Å². The zero-order valence-electron chi connectivity index (χ0n) is 11.7. The van der Waals surface area contributed by atoms with Gasteiger partial charge in [-0.25, -0.2) is 0 Å². The highest BCUT2D eigenvalue weighted by atomic mass is 16.3. The van der Waals surface area contributed by atoms with Crippen LogP contribution in [0.25, 0.3) is 6.08 Å². The fraction of sp³-hybridized carbons (Fsp3) is 0.375. The molecule has 19 heavy (non-hydrogen) atoms. The number of hydrogen-bond donors (Lipinski definition) is 3. The summed E-state index contributed by atoms with van der Waals surface area (Å²) in [7, 11) is 0. The molecule has 1 unspecified atom stereocenters. The third kappa shape index (κ3) is 5.62. The zero-order chi connectivity index (χ0) is 14.5. The SMILES string of the molecule is CC(C)=CCCC(C)(O)/C=C/c1cc(O)ccc1O. The largest absolute Gasteiger partial charge is 0.508 e. The lowest BCUT2D eigenvalue weighted by molar-refractivity contribution is 0.104. The molecule has 1 aromatic carbocycles. The van der Waals surface area contributed by atoms with Gasteiger partial charge in [-0.3, -0.25) is 0 Å². The van der Waals surface area contributed by atoms with Gasteiger partial charge in [0.25, 0.3) is 0 Å². The third-order valence-electron chi connectivity index (χ3n) is 2.84. The van der Waals surface area contributed by atoms with Gasteiger partial charge in [-0.1, -0.05) is 23.8 Å². The predicted octanol–water partition coefficient (Wildman–Crippen LogP) is 3.61. The molecule has 1 aromatic rings. The molecule has 0 amide bonds. The standard InChI is InChI=1S/C16H22O3/c1-12(2)5-4-9-16(3,19)10-8-13-11-14(17)6-7-15(13)18/h5-8,10-11,17-19H,4,9H2,1-3H3/b10-8+. The lowest BCUT2D eigenvalue weighted by Crippen LogP contribution is -2.19. The normalized spacial score (nSPS) is 14.3. The molecule has 0 radical (unpaired) electrons. The number of rotatable bonds is 5. The van der Waals surface area contributed by atoms with E-state index in [1.54, 1.807) is 19.1 Å². The van der Waals surface area contributed by atoms with Gasteiger partial charge in [-0.2, -0.15) is 0 Å². The molecule has 3 N–H and O–H groups in total. The minimum atomic E-state index is -0.941. The minimum Gasteiger partial charge on any atom is -0.508 e. The Balaban J connectivity index is 2.73. The summed E-state index contributed by atoms with van der Waals surface area (Å²) in [5.41, 5.74) is 0.775. The van der Waals surface area contributed by atoms with Crippen molar-refractivity contribution in [3.8, 4) is 11.5 Å². The first-order valence-corrected chi connectivity index (χ1v) is 6.37. The number of phenols is 2. The van der Waals surface area contributed by atoms with Gasteiger partial charge in [-0.05, 0) is 51.8 Å². The molecular formula is C16H22O3. The van der Waals surface area contributed by atoms with Crippen molar-refractivity contribution in [2.75, 3.05) is 0 Å². The molecule has 0 aromatic heterocycles. The fourth-order valence-electron chi connectivity index (χ4n) is 1.68. The first kappa shape index (κ1) is 15.3. The van der Waals surface area contributed by atoms with Crippen LogP contribution in [-0.4, -0.2) is 20.9 Å². The molecular weight excluding hydrogens is 240 g/mol. The van der Waals surface area contributed by atoms with Crippen LogP contribution in [0.5, 0.6) is 11.5 Å². The Bertz CT molecular complexity index is 481. The lowest BCUT2D eigenvalue weighted by Gasteiger charge is -2.18. The highest BCUT2D eigenvalue weighted by Crippen LogP contribution is 2.25. The Kier molecular flexibility index (Phi) is 5.19. The molecule has 0 aliphatic carbocycles. The van der Waals surface area contributed by atoms with Crippen LogP contribution < -0.4 is 0 Å². The molecule has 0 aliphatic heterocycles. The molecule has 0 aliphatic rings. The van der Waals surface area contributed by atoms with Crippen molar-refractivity contribution in [3.05, 3.63) is 41.5 Å². The Morgan fingerprint density at radius 1 is 1.26 bits per heavy atom. The smallest absolute Gasteiger partial charge is 0.123 e. The van der Waals surface area contributed by atoms with Crippen molar-refractivity contribution >= 4 is 6.08 Å². The maximum Gasteiger partial charge on any atom is 0.123 e. The third-order valence-corrected chi connectivity index (χ3v) is 2.84. The predicted molar refractivity (Wildman–Crippen MR) is 78.1 cm³/mol. The van der Waals surface area contributed by atoms with Gasteiger partial charge in [0.2, 0.25) is 0 Å². The fourth-order valence-corrected chi connectivity index (χ4v) is 1.68. The number of hydrogen-bond acceptors (Lipinski definition) is 3. The minimum absolute atomic E-state index is 0.0779. The van der Waals surface area contributed by atoms with Crippen molar-refractivity contribution in [2.24, 2.45) is 0 Å². The Morgan fingerprint density at radius 2 is 1.95 bits per heavy atom. The summed E-state index contributed by atoms with van der Waals surface area (Å²) in [6.45, 7) is 5.77. The van der Waals surface area contributed by atoms with E-state index >= 15 is 0 Å². The average molecular weight is 262 g/mol. The van der Waals surface area contributed by atoms with Gasteiger partial charge < -0.3 is 15.3 Å². The topological polar surface area (TPSA) is 60.7 Å². The van der Waals surface area contributed by atoms with E-state index in [1.165, 1.54) is 23.8 Å². The molecule has 104 valence electrons. The molecule has 0 saturated carbocycles. The first-order valence-electron chi connectivity index (χ1n) is 6.37. The number of phenolic OH excluding ortho intramolecular Hbond substituents is 2. The van der Waals surface area contributed by atoms with Crippen LogP contribution >= 0.6 is 0 Å². The molecule has 3 nitrogen and oxygen atoms in total. The van der Waals surface area contributed by atoms with Gasteiger partial charge in [0.15, 0.2) is 0 Å². The van der Waals surface area contributed by atoms with Gasteiger partial charge in [0.05, 0.1) is 5.60 Å². The van der Waals surface area contributed by atoms with E-state index < -0.39 is 5.60 Å². The summed E-state index contributed by atoms with van der Waals surface area (Å²) in [6.07, 6.45) is 6.74. The van der Waals surface area contributed by atoms with E-state index in [0.717, 1.165) is 6.42 Å². The maximum atomic E-state index is 10.2. The van der Waals surface area contributed by atoms with E-state index in [0.29, 0.717) is 12.0 Å². The zero-order valence-corrected chi connectivity index (χ0v) is 11.7. The van der Waals surface area contributed by atoms with Crippen LogP contribution in [0.4, 0.5) is 0 Å². The second-order valence-electron chi connectivity index (χ2n) is 5.25. The number of allylic oxidation sites excluding steroid dienone is 2. The van der Waals surface area contributed by atoms with E-state index in [-0.39, 0.29) is 11.5 Å². The van der Waals surface area contributed by atoms with Gasteiger partial charge in [0, 0.05) is 5.56 Å². The molecule has 0 fully saturated rings. The summed E-state index contributed by atoms with van der Waals surface area (Å²) in [5.74, 6) is 0.163. The Labute approximate surface area is 114 Å². The van der Waals surface area contributed by atoms with E-state index in [9.17, 15) is 15.3 Å². The molecule has 3 heteroatoms. The van der Waals surface area contributed by atoms with Crippen LogP contribution in [0.3, 0.4) is 0 Å². The molecule has 0 heterocycles. The molecule has 0 bridgehead atoms.